The lowest BCUT2D eigenvalue weighted by molar-refractivity contribution is 0.0691. The second-order valence-electron chi connectivity index (χ2n) is 6.42. The van der Waals surface area contributed by atoms with Gasteiger partial charge < -0.3 is 9.84 Å². The maximum atomic E-state index is 13.6. The number of piperidine rings is 1. The van der Waals surface area contributed by atoms with Crippen molar-refractivity contribution in [3.63, 3.8) is 0 Å². The molecule has 1 saturated heterocycles. The van der Waals surface area contributed by atoms with Gasteiger partial charge in [-0.2, -0.15) is 4.31 Å². The minimum absolute atomic E-state index is 0.0704. The lowest BCUT2D eigenvalue weighted by Gasteiger charge is -2.31. The molecule has 1 fully saturated rings. The highest BCUT2D eigenvalue weighted by Gasteiger charge is 2.32. The van der Waals surface area contributed by atoms with Crippen molar-refractivity contribution >= 4 is 16.0 Å². The van der Waals surface area contributed by atoms with Gasteiger partial charge in [0.2, 0.25) is 10.0 Å². The Labute approximate surface area is 162 Å². The second kappa shape index (κ2) is 8.19. The van der Waals surface area contributed by atoms with E-state index < -0.39 is 33.5 Å². The summed E-state index contributed by atoms with van der Waals surface area (Å²) < 4.78 is 46.3. The molecule has 10 heteroatoms. The average molecular weight is 409 g/mol. The van der Waals surface area contributed by atoms with Crippen LogP contribution in [-0.4, -0.2) is 53.0 Å². The molecule has 2 aromatic rings. The number of carboxylic acids is 1. The van der Waals surface area contributed by atoms with Gasteiger partial charge in [-0.25, -0.2) is 27.6 Å². The SMILES string of the molecule is CCc1cnc(OC2CCCN(S(=O)(=O)c3ccc(F)c(C(=O)O)c3)C2)nc1. The normalized spacial score (nSPS) is 18.0. The summed E-state index contributed by atoms with van der Waals surface area (Å²) in [5, 5.41) is 9.03. The summed E-state index contributed by atoms with van der Waals surface area (Å²) in [4.78, 5) is 19.1. The van der Waals surface area contributed by atoms with E-state index in [1.807, 2.05) is 6.92 Å². The predicted octanol–water partition coefficient (Wildman–Crippen LogP) is 2.11. The van der Waals surface area contributed by atoms with Crippen molar-refractivity contribution in [1.29, 1.82) is 0 Å². The predicted molar refractivity (Wildman–Crippen MR) is 97.2 cm³/mol. The molecule has 0 amide bonds. The summed E-state index contributed by atoms with van der Waals surface area (Å²) in [7, 11) is -3.99. The number of aromatic nitrogens is 2. The quantitative estimate of drug-likeness (QED) is 0.778. The minimum Gasteiger partial charge on any atom is -0.478 e. The standard InChI is InChI=1S/C18H20FN3O5S/c1-2-12-9-20-18(21-10-12)27-13-4-3-7-22(11-13)28(25,26)14-5-6-16(19)15(8-14)17(23)24/h5-6,8-10,13H,2-4,7,11H2,1H3,(H,23,24). The molecular formula is C18H20FN3O5S. The Morgan fingerprint density at radius 2 is 2.07 bits per heavy atom. The Kier molecular flexibility index (Phi) is 5.90. The van der Waals surface area contributed by atoms with E-state index in [0.717, 1.165) is 30.2 Å². The third-order valence-electron chi connectivity index (χ3n) is 4.51. The van der Waals surface area contributed by atoms with Crippen LogP contribution >= 0.6 is 0 Å². The molecule has 0 aliphatic carbocycles. The Bertz CT molecular complexity index is 966. The first kappa shape index (κ1) is 20.2. The van der Waals surface area contributed by atoms with Gasteiger partial charge in [0.25, 0.3) is 0 Å². The summed E-state index contributed by atoms with van der Waals surface area (Å²) in [5.74, 6) is -2.51. The molecule has 0 radical (unpaired) electrons. The zero-order valence-electron chi connectivity index (χ0n) is 15.2. The molecule has 3 rings (SSSR count). The van der Waals surface area contributed by atoms with Crippen LogP contribution in [0.5, 0.6) is 6.01 Å². The lowest BCUT2D eigenvalue weighted by atomic mass is 10.1. The number of benzene rings is 1. The molecule has 1 aromatic heterocycles. The Balaban J connectivity index is 1.77. The lowest BCUT2D eigenvalue weighted by Crippen LogP contribution is -2.44. The van der Waals surface area contributed by atoms with Gasteiger partial charge in [-0.1, -0.05) is 6.92 Å². The number of rotatable bonds is 6. The van der Waals surface area contributed by atoms with Crippen molar-refractivity contribution in [3.05, 3.63) is 47.5 Å². The molecule has 1 aromatic carbocycles. The maximum Gasteiger partial charge on any atom is 0.338 e. The minimum atomic E-state index is -3.99. The molecule has 28 heavy (non-hydrogen) atoms. The highest BCUT2D eigenvalue weighted by molar-refractivity contribution is 7.89. The zero-order valence-corrected chi connectivity index (χ0v) is 16.0. The van der Waals surface area contributed by atoms with Gasteiger partial charge >= 0.3 is 12.0 Å². The van der Waals surface area contributed by atoms with Gasteiger partial charge in [0.15, 0.2) is 0 Å². The number of carbonyl (C=O) groups is 1. The third kappa shape index (κ3) is 4.28. The van der Waals surface area contributed by atoms with E-state index in [4.69, 9.17) is 9.84 Å². The monoisotopic (exact) mass is 409 g/mol. The number of aromatic carboxylic acids is 1. The second-order valence-corrected chi connectivity index (χ2v) is 8.36. The largest absolute Gasteiger partial charge is 0.478 e. The number of hydrogen-bond donors (Lipinski definition) is 1. The Hall–Kier alpha value is -2.59. The molecular weight excluding hydrogens is 389 g/mol. The van der Waals surface area contributed by atoms with Crippen LogP contribution in [0.3, 0.4) is 0 Å². The van der Waals surface area contributed by atoms with Crippen LogP contribution in [0.4, 0.5) is 4.39 Å². The third-order valence-corrected chi connectivity index (χ3v) is 6.37. The highest BCUT2D eigenvalue weighted by atomic mass is 32.2. The summed E-state index contributed by atoms with van der Waals surface area (Å²) in [6, 6.07) is 2.92. The van der Waals surface area contributed by atoms with Gasteiger partial charge in [-0.3, -0.25) is 0 Å². The van der Waals surface area contributed by atoms with E-state index in [1.54, 1.807) is 12.4 Å². The number of halogens is 1. The van der Waals surface area contributed by atoms with E-state index in [0.29, 0.717) is 12.8 Å². The van der Waals surface area contributed by atoms with Crippen molar-refractivity contribution in [2.24, 2.45) is 0 Å². The van der Waals surface area contributed by atoms with E-state index in [2.05, 4.69) is 9.97 Å². The van der Waals surface area contributed by atoms with Crippen molar-refractivity contribution in [3.8, 4) is 6.01 Å². The van der Waals surface area contributed by atoms with E-state index in [1.165, 1.54) is 4.31 Å². The number of carboxylic acid groups (broad SMARTS) is 1. The first-order valence-corrected chi connectivity index (χ1v) is 10.3. The molecule has 1 aliphatic heterocycles. The average Bonchev–Trinajstić information content (AvgIpc) is 2.69. The van der Waals surface area contributed by atoms with Crippen molar-refractivity contribution < 1.29 is 27.4 Å². The Morgan fingerprint density at radius 1 is 1.36 bits per heavy atom. The molecule has 1 aliphatic rings. The van der Waals surface area contributed by atoms with Gasteiger partial charge in [-0.15, -0.1) is 0 Å². The van der Waals surface area contributed by atoms with Gasteiger partial charge in [0, 0.05) is 18.9 Å². The van der Waals surface area contributed by atoms with Gasteiger partial charge in [0.1, 0.15) is 11.9 Å². The van der Waals surface area contributed by atoms with Gasteiger partial charge in [0.05, 0.1) is 17.0 Å². The molecule has 0 bridgehead atoms. The van der Waals surface area contributed by atoms with Crippen LogP contribution in [-0.2, 0) is 16.4 Å². The summed E-state index contributed by atoms with van der Waals surface area (Å²) >= 11 is 0. The highest BCUT2D eigenvalue weighted by Crippen LogP contribution is 2.24. The molecule has 1 atom stereocenters. The molecule has 0 saturated carbocycles. The number of hydrogen-bond acceptors (Lipinski definition) is 6. The van der Waals surface area contributed by atoms with Crippen LogP contribution in [0.25, 0.3) is 0 Å². The van der Waals surface area contributed by atoms with E-state index in [-0.39, 0.29) is 24.0 Å². The summed E-state index contributed by atoms with van der Waals surface area (Å²) in [6.07, 6.45) is 4.87. The Morgan fingerprint density at radius 3 is 2.71 bits per heavy atom. The molecule has 0 spiro atoms. The van der Waals surface area contributed by atoms with Crippen LogP contribution < -0.4 is 4.74 Å². The van der Waals surface area contributed by atoms with Crippen molar-refractivity contribution in [2.45, 2.75) is 37.2 Å². The smallest absolute Gasteiger partial charge is 0.338 e. The van der Waals surface area contributed by atoms with Crippen LogP contribution in [0.2, 0.25) is 0 Å². The van der Waals surface area contributed by atoms with E-state index in [9.17, 15) is 17.6 Å². The number of ether oxygens (including phenoxy) is 1. The fourth-order valence-corrected chi connectivity index (χ4v) is 4.47. The summed E-state index contributed by atoms with van der Waals surface area (Å²) in [5.41, 5.74) is 0.279. The van der Waals surface area contributed by atoms with Crippen molar-refractivity contribution in [1.82, 2.24) is 14.3 Å². The molecule has 1 unspecified atom stereocenters. The molecule has 150 valence electrons. The van der Waals surface area contributed by atoms with Crippen LogP contribution in [0.1, 0.15) is 35.7 Å². The van der Waals surface area contributed by atoms with Gasteiger partial charge in [-0.05, 0) is 43.0 Å². The molecule has 2 heterocycles. The fourth-order valence-electron chi connectivity index (χ4n) is 2.93. The summed E-state index contributed by atoms with van der Waals surface area (Å²) in [6.45, 7) is 2.31. The van der Waals surface area contributed by atoms with Crippen molar-refractivity contribution in [2.75, 3.05) is 13.1 Å². The molecule has 1 N–H and O–H groups in total. The van der Waals surface area contributed by atoms with E-state index >= 15 is 0 Å². The molecule has 8 nitrogen and oxygen atoms in total. The first-order chi connectivity index (χ1) is 13.3. The number of sulfonamides is 1. The first-order valence-electron chi connectivity index (χ1n) is 8.82. The topological polar surface area (TPSA) is 110 Å². The van der Waals surface area contributed by atoms with Crippen LogP contribution in [0, 0.1) is 5.82 Å². The number of aryl methyl sites for hydroxylation is 1. The maximum absolute atomic E-state index is 13.6. The zero-order chi connectivity index (χ0) is 20.3. The number of nitrogens with zero attached hydrogens (tertiary/aromatic N) is 3. The fraction of sp³-hybridized carbons (Fsp3) is 0.389. The van der Waals surface area contributed by atoms with Crippen LogP contribution in [0.15, 0.2) is 35.5 Å².